The molecule has 1 saturated carbocycles. The molecule has 1 aromatic rings. The first-order valence-corrected chi connectivity index (χ1v) is 6.26. The summed E-state index contributed by atoms with van der Waals surface area (Å²) in [5.41, 5.74) is 1.08. The molecule has 1 aliphatic carbocycles. The Morgan fingerprint density at radius 2 is 2.16 bits per heavy atom. The fraction of sp³-hybridized carbons (Fsp3) is 0.429. The van der Waals surface area contributed by atoms with E-state index in [-0.39, 0.29) is 12.3 Å². The summed E-state index contributed by atoms with van der Waals surface area (Å²) in [6.45, 7) is 0. The molecule has 3 rings (SSSR count). The van der Waals surface area contributed by atoms with Crippen molar-refractivity contribution in [1.82, 2.24) is 0 Å². The maximum absolute atomic E-state index is 14.2. The van der Waals surface area contributed by atoms with E-state index >= 15 is 0 Å². The molecule has 1 fully saturated rings. The van der Waals surface area contributed by atoms with E-state index in [0.717, 1.165) is 19.3 Å². The lowest BCUT2D eigenvalue weighted by molar-refractivity contribution is -0.117. The summed E-state index contributed by atoms with van der Waals surface area (Å²) in [7, 11) is 1.57. The van der Waals surface area contributed by atoms with E-state index in [1.165, 1.54) is 11.0 Å². The Bertz CT molecular complexity index is 616. The first-order chi connectivity index (χ1) is 9.07. The highest BCUT2D eigenvalue weighted by Gasteiger charge is 2.41. The molecule has 0 N–H and O–H groups in total. The van der Waals surface area contributed by atoms with E-state index in [4.69, 9.17) is 0 Å². The second-order valence-electron chi connectivity index (χ2n) is 5.18. The van der Waals surface area contributed by atoms with Crippen molar-refractivity contribution < 1.29 is 14.0 Å². The molecule has 0 aromatic heterocycles. The molecule has 1 heterocycles. The molecule has 0 spiro atoms. The second kappa shape index (κ2) is 4.00. The first-order valence-electron chi connectivity index (χ1n) is 6.26. The van der Waals surface area contributed by atoms with Gasteiger partial charge in [-0.2, -0.15) is 4.99 Å². The van der Waals surface area contributed by atoms with Gasteiger partial charge in [0.25, 0.3) is 0 Å². The zero-order chi connectivity index (χ0) is 13.6. The van der Waals surface area contributed by atoms with Gasteiger partial charge in [-0.25, -0.2) is 9.18 Å². The molecule has 1 aliphatic heterocycles. The van der Waals surface area contributed by atoms with Gasteiger partial charge in [0.2, 0.25) is 12.0 Å². The van der Waals surface area contributed by atoms with E-state index in [0.29, 0.717) is 16.8 Å². The summed E-state index contributed by atoms with van der Waals surface area (Å²) < 4.78 is 14.2. The molecule has 0 radical (unpaired) electrons. The Hall–Kier alpha value is -2.00. The summed E-state index contributed by atoms with van der Waals surface area (Å²) in [4.78, 5) is 27.4. The average molecular weight is 260 g/mol. The molecule has 1 aromatic carbocycles. The van der Waals surface area contributed by atoms with Gasteiger partial charge in [-0.15, -0.1) is 0 Å². The van der Waals surface area contributed by atoms with Crippen LogP contribution in [0.3, 0.4) is 0 Å². The minimum Gasteiger partial charge on any atom is -0.312 e. The van der Waals surface area contributed by atoms with Crippen molar-refractivity contribution in [3.63, 3.8) is 0 Å². The third-order valence-electron chi connectivity index (χ3n) is 4.17. The van der Waals surface area contributed by atoms with Crippen molar-refractivity contribution >= 4 is 17.7 Å². The zero-order valence-corrected chi connectivity index (χ0v) is 10.6. The van der Waals surface area contributed by atoms with Crippen LogP contribution in [0.1, 0.15) is 30.4 Å². The van der Waals surface area contributed by atoms with Crippen LogP contribution in [0.15, 0.2) is 17.1 Å². The fourth-order valence-corrected chi connectivity index (χ4v) is 2.91. The molecular formula is C14H13FN2O2. The number of aliphatic imine (C=N–C) groups is 1. The number of isocyanates is 1. The Morgan fingerprint density at radius 3 is 2.74 bits per heavy atom. The number of benzene rings is 1. The van der Waals surface area contributed by atoms with Crippen LogP contribution in [0.4, 0.5) is 10.1 Å². The van der Waals surface area contributed by atoms with Crippen molar-refractivity contribution in [2.45, 2.75) is 31.2 Å². The molecule has 1 amide bonds. The molecule has 19 heavy (non-hydrogen) atoms. The topological polar surface area (TPSA) is 49.7 Å². The number of amides is 1. The van der Waals surface area contributed by atoms with Gasteiger partial charge in [0.05, 0.1) is 17.6 Å². The Balaban J connectivity index is 2.12. The van der Waals surface area contributed by atoms with Gasteiger partial charge < -0.3 is 4.90 Å². The van der Waals surface area contributed by atoms with Crippen LogP contribution in [-0.4, -0.2) is 19.0 Å². The minimum absolute atomic E-state index is 0.118. The highest BCUT2D eigenvalue weighted by molar-refractivity contribution is 6.01. The third-order valence-corrected chi connectivity index (χ3v) is 4.17. The molecule has 98 valence electrons. The van der Waals surface area contributed by atoms with Gasteiger partial charge >= 0.3 is 0 Å². The molecule has 0 bridgehead atoms. The number of rotatable bonds is 2. The van der Waals surface area contributed by atoms with Gasteiger partial charge in [-0.3, -0.25) is 4.79 Å². The van der Waals surface area contributed by atoms with Gasteiger partial charge in [0, 0.05) is 7.05 Å². The standard InChI is InChI=1S/C14H13FN2O2/c1-17-12(19)6-9-5-10(7-11(15)13(9)17)14(16-8-18)3-2-4-14/h5,7H,2-4,6H2,1H3. The van der Waals surface area contributed by atoms with Gasteiger partial charge in [0.15, 0.2) is 0 Å². The number of fused-ring (bicyclic) bond motifs is 1. The van der Waals surface area contributed by atoms with E-state index in [2.05, 4.69) is 4.99 Å². The maximum atomic E-state index is 14.2. The highest BCUT2D eigenvalue weighted by Crippen LogP contribution is 2.46. The van der Waals surface area contributed by atoms with Crippen LogP contribution >= 0.6 is 0 Å². The van der Waals surface area contributed by atoms with E-state index < -0.39 is 11.4 Å². The van der Waals surface area contributed by atoms with Crippen LogP contribution in [0.5, 0.6) is 0 Å². The van der Waals surface area contributed by atoms with Crippen LogP contribution in [0.2, 0.25) is 0 Å². The predicted octanol–water partition coefficient (Wildman–Crippen LogP) is 2.06. The quantitative estimate of drug-likeness (QED) is 0.603. The van der Waals surface area contributed by atoms with Crippen molar-refractivity contribution in [3.8, 4) is 0 Å². The van der Waals surface area contributed by atoms with Crippen LogP contribution < -0.4 is 4.90 Å². The first kappa shape index (κ1) is 12.1. The van der Waals surface area contributed by atoms with Crippen molar-refractivity contribution in [2.24, 2.45) is 4.99 Å². The predicted molar refractivity (Wildman–Crippen MR) is 67.2 cm³/mol. The summed E-state index contributed by atoms with van der Waals surface area (Å²) in [6, 6.07) is 3.20. The number of halogens is 1. The zero-order valence-electron chi connectivity index (χ0n) is 10.6. The number of nitrogens with zero attached hydrogens (tertiary/aromatic N) is 2. The molecule has 0 atom stereocenters. The lowest BCUT2D eigenvalue weighted by atomic mass is 9.72. The molecule has 0 unspecified atom stereocenters. The van der Waals surface area contributed by atoms with E-state index in [1.54, 1.807) is 19.2 Å². The van der Waals surface area contributed by atoms with Crippen LogP contribution in [0, 0.1) is 5.82 Å². The van der Waals surface area contributed by atoms with E-state index in [1.807, 2.05) is 0 Å². The number of likely N-dealkylation sites (N-methyl/N-ethyl adjacent to an activating group) is 1. The summed E-state index contributed by atoms with van der Waals surface area (Å²) in [5.74, 6) is -0.541. The summed E-state index contributed by atoms with van der Waals surface area (Å²) in [5, 5.41) is 0. The highest BCUT2D eigenvalue weighted by atomic mass is 19.1. The van der Waals surface area contributed by atoms with Gasteiger partial charge in [-0.1, -0.05) is 6.07 Å². The second-order valence-corrected chi connectivity index (χ2v) is 5.18. The maximum Gasteiger partial charge on any atom is 0.235 e. The van der Waals surface area contributed by atoms with Gasteiger partial charge in [0.1, 0.15) is 5.82 Å². The molecular weight excluding hydrogens is 247 g/mol. The Kier molecular flexibility index (Phi) is 2.54. The number of anilines is 1. The average Bonchev–Trinajstić information content (AvgIpc) is 2.60. The molecule has 0 saturated heterocycles. The molecule has 4 nitrogen and oxygen atoms in total. The number of hydrogen-bond acceptors (Lipinski definition) is 3. The van der Waals surface area contributed by atoms with E-state index in [9.17, 15) is 14.0 Å². The number of carbonyl (C=O) groups is 1. The van der Waals surface area contributed by atoms with Crippen molar-refractivity contribution in [3.05, 3.63) is 29.1 Å². The summed E-state index contributed by atoms with van der Waals surface area (Å²) >= 11 is 0. The lowest BCUT2D eigenvalue weighted by Gasteiger charge is -2.37. The lowest BCUT2D eigenvalue weighted by Crippen LogP contribution is -2.32. The SMILES string of the molecule is CN1C(=O)Cc2cc(C3(N=C=O)CCC3)cc(F)c21. The number of hydrogen-bond donors (Lipinski definition) is 0. The minimum atomic E-state index is -0.623. The van der Waals surface area contributed by atoms with Crippen LogP contribution in [-0.2, 0) is 21.5 Å². The molecule has 5 heteroatoms. The van der Waals surface area contributed by atoms with Gasteiger partial charge in [-0.05, 0) is 36.5 Å². The monoisotopic (exact) mass is 260 g/mol. The van der Waals surface area contributed by atoms with Crippen molar-refractivity contribution in [1.29, 1.82) is 0 Å². The Morgan fingerprint density at radius 1 is 1.42 bits per heavy atom. The largest absolute Gasteiger partial charge is 0.312 e. The van der Waals surface area contributed by atoms with Crippen molar-refractivity contribution in [2.75, 3.05) is 11.9 Å². The summed E-state index contributed by atoms with van der Waals surface area (Å²) in [6.07, 6.45) is 4.21. The van der Waals surface area contributed by atoms with Crippen LogP contribution in [0.25, 0.3) is 0 Å². The smallest absolute Gasteiger partial charge is 0.235 e. The molecule has 2 aliphatic rings. The normalized spacial score (nSPS) is 19.7. The Labute approximate surface area is 109 Å². The fourth-order valence-electron chi connectivity index (χ4n) is 2.91. The third kappa shape index (κ3) is 1.62. The number of carbonyl (C=O) groups excluding carboxylic acids is 2.